The molecule has 4 heteroatoms. The van der Waals surface area contributed by atoms with Gasteiger partial charge in [-0.15, -0.1) is 11.6 Å². The van der Waals surface area contributed by atoms with E-state index < -0.39 is 0 Å². The summed E-state index contributed by atoms with van der Waals surface area (Å²) in [6.07, 6.45) is 4.92. The molecular formula is C14H18Cl3N. The summed E-state index contributed by atoms with van der Waals surface area (Å²) in [7, 11) is 0. The molecule has 0 saturated heterocycles. The minimum Gasteiger partial charge on any atom is -0.312 e. The average Bonchev–Trinajstić information content (AvgIpc) is 2.35. The molecular weight excluding hydrogens is 289 g/mol. The van der Waals surface area contributed by atoms with Gasteiger partial charge in [-0.3, -0.25) is 0 Å². The summed E-state index contributed by atoms with van der Waals surface area (Å²) in [6, 6.07) is 5.61. The molecule has 1 aliphatic rings. The maximum atomic E-state index is 6.33. The lowest BCUT2D eigenvalue weighted by Crippen LogP contribution is -2.31. The number of alkyl halides is 1. The Bertz CT molecular complexity index is 374. The fourth-order valence-corrected chi connectivity index (χ4v) is 3.38. The molecule has 0 amide bonds. The quantitative estimate of drug-likeness (QED) is 0.782. The predicted molar refractivity (Wildman–Crippen MR) is 79.8 cm³/mol. The highest BCUT2D eigenvalue weighted by molar-refractivity contribution is 6.35. The van der Waals surface area contributed by atoms with E-state index in [9.17, 15) is 0 Å². The standard InChI is InChI=1S/C14H18Cl3N/c15-12-5-2-1-4-10(12)8-18-9-11-13(16)6-3-7-14(11)17/h3,6-7,10,12,18H,1-2,4-5,8-9H2. The Hall–Kier alpha value is 0.0500. The van der Waals surface area contributed by atoms with E-state index in [2.05, 4.69) is 5.32 Å². The maximum Gasteiger partial charge on any atom is 0.0465 e. The van der Waals surface area contributed by atoms with Gasteiger partial charge in [0.05, 0.1) is 0 Å². The van der Waals surface area contributed by atoms with Gasteiger partial charge >= 0.3 is 0 Å². The molecule has 18 heavy (non-hydrogen) atoms. The van der Waals surface area contributed by atoms with Crippen LogP contribution < -0.4 is 5.32 Å². The largest absolute Gasteiger partial charge is 0.312 e. The minimum atomic E-state index is 0.313. The van der Waals surface area contributed by atoms with E-state index in [1.807, 2.05) is 18.2 Å². The van der Waals surface area contributed by atoms with Gasteiger partial charge < -0.3 is 5.32 Å². The van der Waals surface area contributed by atoms with Crippen molar-refractivity contribution in [2.75, 3.05) is 6.54 Å². The average molecular weight is 307 g/mol. The first-order chi connectivity index (χ1) is 8.68. The molecule has 1 aromatic carbocycles. The third kappa shape index (κ3) is 3.77. The smallest absolute Gasteiger partial charge is 0.0465 e. The second-order valence-corrected chi connectivity index (χ2v) is 6.27. The molecule has 1 nitrogen and oxygen atoms in total. The number of rotatable bonds is 4. The van der Waals surface area contributed by atoms with Gasteiger partial charge in [0, 0.05) is 27.5 Å². The van der Waals surface area contributed by atoms with E-state index >= 15 is 0 Å². The molecule has 1 N–H and O–H groups in total. The van der Waals surface area contributed by atoms with Crippen molar-refractivity contribution in [3.63, 3.8) is 0 Å². The van der Waals surface area contributed by atoms with Gasteiger partial charge in [-0.1, -0.05) is 42.1 Å². The van der Waals surface area contributed by atoms with Gasteiger partial charge in [-0.2, -0.15) is 0 Å². The monoisotopic (exact) mass is 305 g/mol. The molecule has 0 aliphatic heterocycles. The van der Waals surface area contributed by atoms with Crippen LogP contribution in [0.15, 0.2) is 18.2 Å². The summed E-state index contributed by atoms with van der Waals surface area (Å²) >= 11 is 18.6. The fraction of sp³-hybridized carbons (Fsp3) is 0.571. The van der Waals surface area contributed by atoms with Crippen LogP contribution in [-0.4, -0.2) is 11.9 Å². The van der Waals surface area contributed by atoms with Crippen LogP contribution in [0.2, 0.25) is 10.0 Å². The first-order valence-corrected chi connectivity index (χ1v) is 7.65. The van der Waals surface area contributed by atoms with Crippen molar-refractivity contribution >= 4 is 34.8 Å². The normalized spacial score (nSPS) is 24.2. The first kappa shape index (κ1) is 14.5. The Balaban J connectivity index is 1.84. The van der Waals surface area contributed by atoms with E-state index in [1.165, 1.54) is 19.3 Å². The van der Waals surface area contributed by atoms with Crippen LogP contribution >= 0.6 is 34.8 Å². The van der Waals surface area contributed by atoms with Crippen molar-refractivity contribution in [3.8, 4) is 0 Å². The van der Waals surface area contributed by atoms with Gasteiger partial charge in [0.25, 0.3) is 0 Å². The van der Waals surface area contributed by atoms with Gasteiger partial charge in [0.15, 0.2) is 0 Å². The van der Waals surface area contributed by atoms with E-state index in [-0.39, 0.29) is 0 Å². The zero-order chi connectivity index (χ0) is 13.0. The van der Waals surface area contributed by atoms with E-state index in [0.717, 1.165) is 28.6 Å². The molecule has 0 aromatic heterocycles. The molecule has 1 saturated carbocycles. The van der Waals surface area contributed by atoms with Crippen LogP contribution in [0.4, 0.5) is 0 Å². The summed E-state index contributed by atoms with van der Waals surface area (Å²) in [5.74, 6) is 0.571. The van der Waals surface area contributed by atoms with Crippen LogP contribution in [0.25, 0.3) is 0 Å². The molecule has 0 heterocycles. The van der Waals surface area contributed by atoms with Crippen LogP contribution in [0.1, 0.15) is 31.2 Å². The van der Waals surface area contributed by atoms with Gasteiger partial charge in [-0.05, 0) is 37.4 Å². The van der Waals surface area contributed by atoms with Crippen LogP contribution in [-0.2, 0) is 6.54 Å². The molecule has 2 rings (SSSR count). The van der Waals surface area contributed by atoms with Crippen molar-refractivity contribution < 1.29 is 0 Å². The molecule has 0 spiro atoms. The first-order valence-electron chi connectivity index (χ1n) is 6.46. The van der Waals surface area contributed by atoms with Gasteiger partial charge in [0.1, 0.15) is 0 Å². The van der Waals surface area contributed by atoms with Crippen LogP contribution in [0, 0.1) is 5.92 Å². The molecule has 2 atom stereocenters. The highest BCUT2D eigenvalue weighted by Gasteiger charge is 2.22. The lowest BCUT2D eigenvalue weighted by molar-refractivity contribution is 0.348. The van der Waals surface area contributed by atoms with Crippen molar-refractivity contribution in [2.45, 2.75) is 37.6 Å². The molecule has 1 aromatic rings. The number of hydrogen-bond donors (Lipinski definition) is 1. The van der Waals surface area contributed by atoms with Crippen molar-refractivity contribution in [2.24, 2.45) is 5.92 Å². The Morgan fingerprint density at radius 1 is 1.11 bits per heavy atom. The summed E-state index contributed by atoms with van der Waals surface area (Å²) in [6.45, 7) is 1.65. The zero-order valence-electron chi connectivity index (χ0n) is 10.3. The Morgan fingerprint density at radius 3 is 2.44 bits per heavy atom. The van der Waals surface area contributed by atoms with Crippen molar-refractivity contribution in [3.05, 3.63) is 33.8 Å². The Labute approximate surface area is 124 Å². The zero-order valence-corrected chi connectivity index (χ0v) is 12.5. The molecule has 2 unspecified atom stereocenters. The Morgan fingerprint density at radius 2 is 1.78 bits per heavy atom. The SMILES string of the molecule is Clc1cccc(Cl)c1CNCC1CCCCC1Cl. The van der Waals surface area contributed by atoms with Gasteiger partial charge in [-0.25, -0.2) is 0 Å². The number of halogens is 3. The van der Waals surface area contributed by atoms with E-state index in [0.29, 0.717) is 17.8 Å². The summed E-state index contributed by atoms with van der Waals surface area (Å²) in [4.78, 5) is 0. The number of hydrogen-bond acceptors (Lipinski definition) is 1. The van der Waals surface area contributed by atoms with Gasteiger partial charge in [0.2, 0.25) is 0 Å². The van der Waals surface area contributed by atoms with Crippen LogP contribution in [0.5, 0.6) is 0 Å². The van der Waals surface area contributed by atoms with E-state index in [1.54, 1.807) is 0 Å². The Kier molecular flexibility index (Phi) is 5.62. The molecule has 1 aliphatic carbocycles. The number of nitrogens with one attached hydrogen (secondary N) is 1. The lowest BCUT2D eigenvalue weighted by Gasteiger charge is -2.27. The van der Waals surface area contributed by atoms with Crippen molar-refractivity contribution in [1.82, 2.24) is 5.32 Å². The minimum absolute atomic E-state index is 0.313. The summed E-state index contributed by atoms with van der Waals surface area (Å²) in [5, 5.41) is 5.19. The highest BCUT2D eigenvalue weighted by Crippen LogP contribution is 2.28. The predicted octanol–water partition coefficient (Wildman–Crippen LogP) is 4.88. The molecule has 0 bridgehead atoms. The molecule has 100 valence electrons. The summed E-state index contributed by atoms with van der Waals surface area (Å²) in [5.41, 5.74) is 0.975. The maximum absolute atomic E-state index is 6.33. The topological polar surface area (TPSA) is 12.0 Å². The lowest BCUT2D eigenvalue weighted by atomic mass is 9.89. The third-order valence-corrected chi connectivity index (χ3v) is 4.87. The second kappa shape index (κ2) is 7.00. The van der Waals surface area contributed by atoms with Crippen molar-refractivity contribution in [1.29, 1.82) is 0 Å². The fourth-order valence-electron chi connectivity index (χ4n) is 2.48. The molecule has 0 radical (unpaired) electrons. The number of benzene rings is 1. The summed E-state index contributed by atoms with van der Waals surface area (Å²) < 4.78 is 0. The third-order valence-electron chi connectivity index (χ3n) is 3.59. The van der Waals surface area contributed by atoms with Crippen LogP contribution in [0.3, 0.4) is 0 Å². The highest BCUT2D eigenvalue weighted by atomic mass is 35.5. The van der Waals surface area contributed by atoms with E-state index in [4.69, 9.17) is 34.8 Å². The molecule has 1 fully saturated rings. The second-order valence-electron chi connectivity index (χ2n) is 4.89.